The number of nitrogens with one attached hydrogen (secondary N) is 1. The molecule has 27 heavy (non-hydrogen) atoms. The molecule has 0 spiro atoms. The van der Waals surface area contributed by atoms with Crippen molar-refractivity contribution in [2.45, 2.75) is 30.3 Å². The van der Waals surface area contributed by atoms with Crippen molar-refractivity contribution in [2.75, 3.05) is 6.26 Å². The number of carbonyl (C=O) groups is 1. The third-order valence-corrected chi connectivity index (χ3v) is 4.82. The molecule has 2 atom stereocenters. The van der Waals surface area contributed by atoms with Crippen LogP contribution >= 0.6 is 12.4 Å². The van der Waals surface area contributed by atoms with Gasteiger partial charge in [-0.25, -0.2) is 17.2 Å². The molecule has 0 saturated heterocycles. The van der Waals surface area contributed by atoms with E-state index in [1.165, 1.54) is 24.3 Å². The summed E-state index contributed by atoms with van der Waals surface area (Å²) in [5, 5.41) is 2.70. The van der Waals surface area contributed by atoms with E-state index in [2.05, 4.69) is 5.32 Å². The topological polar surface area (TPSA) is 89.3 Å². The zero-order chi connectivity index (χ0) is 19.5. The van der Waals surface area contributed by atoms with Crippen molar-refractivity contribution in [1.82, 2.24) is 5.32 Å². The van der Waals surface area contributed by atoms with Gasteiger partial charge in [-0.05, 0) is 42.3 Å². The number of rotatable bonds is 6. The van der Waals surface area contributed by atoms with Gasteiger partial charge in [-0.3, -0.25) is 4.79 Å². The van der Waals surface area contributed by atoms with E-state index >= 15 is 0 Å². The van der Waals surface area contributed by atoms with Crippen LogP contribution in [0.3, 0.4) is 0 Å². The highest BCUT2D eigenvalue weighted by Gasteiger charge is 2.20. The first-order valence-electron chi connectivity index (χ1n) is 7.88. The Morgan fingerprint density at radius 3 is 2.30 bits per heavy atom. The van der Waals surface area contributed by atoms with Crippen molar-refractivity contribution in [3.8, 4) is 0 Å². The standard InChI is InChI=1S/C18H20F2N2O3S.ClH/c1-11(21)8-17(23)22-18(13-6-7-15(19)16(20)10-13)12-4-3-5-14(9-12)26(2,24)25;/h3-7,9-11,18H,8,21H2,1-2H3,(H,22,23);1H. The molecular weight excluding hydrogens is 398 g/mol. The van der Waals surface area contributed by atoms with Crippen LogP contribution in [0.4, 0.5) is 8.78 Å². The minimum Gasteiger partial charge on any atom is -0.345 e. The first-order valence-corrected chi connectivity index (χ1v) is 9.77. The highest BCUT2D eigenvalue weighted by molar-refractivity contribution is 7.90. The molecular formula is C18H21ClF2N2O3S. The average molecular weight is 419 g/mol. The molecule has 2 aromatic rings. The Bertz CT molecular complexity index is 921. The van der Waals surface area contributed by atoms with E-state index in [-0.39, 0.29) is 41.2 Å². The summed E-state index contributed by atoms with van der Waals surface area (Å²) >= 11 is 0. The number of halogens is 3. The van der Waals surface area contributed by atoms with Gasteiger partial charge in [0, 0.05) is 18.7 Å². The summed E-state index contributed by atoms with van der Waals surface area (Å²) in [5.41, 5.74) is 6.33. The summed E-state index contributed by atoms with van der Waals surface area (Å²) in [5.74, 6) is -2.47. The molecule has 2 unspecified atom stereocenters. The lowest BCUT2D eigenvalue weighted by Crippen LogP contribution is -2.33. The van der Waals surface area contributed by atoms with Crippen LogP contribution in [0.1, 0.15) is 30.5 Å². The molecule has 0 saturated carbocycles. The van der Waals surface area contributed by atoms with Gasteiger partial charge in [0.2, 0.25) is 5.91 Å². The second-order valence-corrected chi connectivity index (χ2v) is 8.22. The molecule has 0 bridgehead atoms. The van der Waals surface area contributed by atoms with E-state index < -0.39 is 27.5 Å². The number of amides is 1. The van der Waals surface area contributed by atoms with Gasteiger partial charge in [0.05, 0.1) is 10.9 Å². The Morgan fingerprint density at radius 1 is 1.11 bits per heavy atom. The number of benzene rings is 2. The Hall–Kier alpha value is -2.03. The maximum absolute atomic E-state index is 13.7. The fourth-order valence-corrected chi connectivity index (χ4v) is 3.16. The predicted octanol–water partition coefficient (Wildman–Crippen LogP) is 2.73. The minimum atomic E-state index is -3.47. The van der Waals surface area contributed by atoms with E-state index in [1.54, 1.807) is 13.0 Å². The third kappa shape index (κ3) is 6.27. The number of hydrogen-bond donors (Lipinski definition) is 2. The van der Waals surface area contributed by atoms with Crippen LogP contribution in [-0.2, 0) is 14.6 Å². The summed E-state index contributed by atoms with van der Waals surface area (Å²) in [6.45, 7) is 1.66. The molecule has 0 heterocycles. The van der Waals surface area contributed by atoms with E-state index in [0.717, 1.165) is 18.4 Å². The molecule has 5 nitrogen and oxygen atoms in total. The molecule has 2 aromatic carbocycles. The van der Waals surface area contributed by atoms with Crippen LogP contribution < -0.4 is 11.1 Å². The largest absolute Gasteiger partial charge is 0.345 e. The van der Waals surface area contributed by atoms with Gasteiger partial charge in [0.15, 0.2) is 21.5 Å². The maximum atomic E-state index is 13.7. The van der Waals surface area contributed by atoms with E-state index in [4.69, 9.17) is 5.73 Å². The number of sulfone groups is 1. The normalized spacial score (nSPS) is 13.4. The van der Waals surface area contributed by atoms with Gasteiger partial charge in [0.25, 0.3) is 0 Å². The van der Waals surface area contributed by atoms with Crippen LogP contribution in [0.25, 0.3) is 0 Å². The fraction of sp³-hybridized carbons (Fsp3) is 0.278. The zero-order valence-electron chi connectivity index (χ0n) is 14.8. The summed E-state index contributed by atoms with van der Waals surface area (Å²) in [6, 6.07) is 7.97. The SMILES string of the molecule is CC(N)CC(=O)NC(c1cccc(S(C)(=O)=O)c1)c1ccc(F)c(F)c1.Cl. The van der Waals surface area contributed by atoms with Crippen molar-refractivity contribution in [1.29, 1.82) is 0 Å². The second kappa shape index (κ2) is 9.25. The lowest BCUT2D eigenvalue weighted by molar-refractivity contribution is -0.121. The summed E-state index contributed by atoms with van der Waals surface area (Å²) in [6.07, 6.45) is 1.10. The first kappa shape index (κ1) is 23.0. The second-order valence-electron chi connectivity index (χ2n) is 6.20. The molecule has 2 rings (SSSR count). The van der Waals surface area contributed by atoms with Gasteiger partial charge in [-0.1, -0.05) is 18.2 Å². The molecule has 3 N–H and O–H groups in total. The van der Waals surface area contributed by atoms with Crippen molar-refractivity contribution < 1.29 is 22.0 Å². The summed E-state index contributed by atoms with van der Waals surface area (Å²) < 4.78 is 50.5. The quantitative estimate of drug-likeness (QED) is 0.754. The predicted molar refractivity (Wildman–Crippen MR) is 101 cm³/mol. The summed E-state index contributed by atoms with van der Waals surface area (Å²) in [7, 11) is -3.47. The molecule has 0 aliphatic carbocycles. The van der Waals surface area contributed by atoms with Crippen LogP contribution in [0.15, 0.2) is 47.4 Å². The minimum absolute atomic E-state index is 0. The van der Waals surface area contributed by atoms with Crippen molar-refractivity contribution >= 4 is 28.2 Å². The van der Waals surface area contributed by atoms with Gasteiger partial charge >= 0.3 is 0 Å². The molecule has 9 heteroatoms. The molecule has 0 aliphatic heterocycles. The zero-order valence-corrected chi connectivity index (χ0v) is 16.4. The van der Waals surface area contributed by atoms with Crippen molar-refractivity contribution in [2.24, 2.45) is 5.73 Å². The molecule has 148 valence electrons. The first-order chi connectivity index (χ1) is 12.1. The number of nitrogens with two attached hydrogens (primary N) is 1. The van der Waals surface area contributed by atoms with Gasteiger partial charge in [-0.15, -0.1) is 12.4 Å². The number of carbonyl (C=O) groups excluding carboxylic acids is 1. The van der Waals surface area contributed by atoms with E-state index in [0.29, 0.717) is 5.56 Å². The fourth-order valence-electron chi connectivity index (χ4n) is 2.49. The highest BCUT2D eigenvalue weighted by Crippen LogP contribution is 2.26. The third-order valence-electron chi connectivity index (χ3n) is 3.71. The van der Waals surface area contributed by atoms with Gasteiger partial charge in [0.1, 0.15) is 0 Å². The molecule has 0 radical (unpaired) electrons. The molecule has 0 fully saturated rings. The molecule has 1 amide bonds. The Kier molecular flexibility index (Phi) is 7.89. The average Bonchev–Trinajstić information content (AvgIpc) is 2.54. The van der Waals surface area contributed by atoms with Crippen molar-refractivity contribution in [3.63, 3.8) is 0 Å². The molecule has 0 aromatic heterocycles. The number of hydrogen-bond acceptors (Lipinski definition) is 4. The van der Waals surface area contributed by atoms with Gasteiger partial charge in [-0.2, -0.15) is 0 Å². The van der Waals surface area contributed by atoms with Crippen LogP contribution in [-0.4, -0.2) is 26.6 Å². The summed E-state index contributed by atoms with van der Waals surface area (Å²) in [4.78, 5) is 12.2. The van der Waals surface area contributed by atoms with Crippen LogP contribution in [0.5, 0.6) is 0 Å². The van der Waals surface area contributed by atoms with Gasteiger partial charge < -0.3 is 11.1 Å². The van der Waals surface area contributed by atoms with E-state index in [9.17, 15) is 22.0 Å². The molecule has 0 aliphatic rings. The monoisotopic (exact) mass is 418 g/mol. The lowest BCUT2D eigenvalue weighted by atomic mass is 9.98. The van der Waals surface area contributed by atoms with E-state index in [1.807, 2.05) is 0 Å². The Morgan fingerprint density at radius 2 is 1.74 bits per heavy atom. The lowest BCUT2D eigenvalue weighted by Gasteiger charge is -2.21. The van der Waals surface area contributed by atoms with Crippen LogP contribution in [0, 0.1) is 11.6 Å². The Labute approximate surface area is 163 Å². The maximum Gasteiger partial charge on any atom is 0.222 e. The highest BCUT2D eigenvalue weighted by atomic mass is 35.5. The Balaban J connectivity index is 0.00000364. The smallest absolute Gasteiger partial charge is 0.222 e. The van der Waals surface area contributed by atoms with Crippen molar-refractivity contribution in [3.05, 3.63) is 65.2 Å². The van der Waals surface area contributed by atoms with Crippen LogP contribution in [0.2, 0.25) is 0 Å².